The van der Waals surface area contributed by atoms with Crippen LogP contribution in [0.3, 0.4) is 0 Å². The molecule has 0 radical (unpaired) electrons. The van der Waals surface area contributed by atoms with Crippen LogP contribution in [0.2, 0.25) is 0 Å². The number of aliphatic carboxylic acids is 2. The van der Waals surface area contributed by atoms with Crippen molar-refractivity contribution in [3.8, 4) is 11.3 Å². The number of benzene rings is 1. The predicted molar refractivity (Wildman–Crippen MR) is 131 cm³/mol. The summed E-state index contributed by atoms with van der Waals surface area (Å²) in [6, 6.07) is 10.5. The monoisotopic (exact) mass is 474 g/mol. The van der Waals surface area contributed by atoms with Crippen molar-refractivity contribution in [2.24, 2.45) is 13.0 Å². The lowest BCUT2D eigenvalue weighted by Gasteiger charge is -2.31. The van der Waals surface area contributed by atoms with Crippen LogP contribution in [0.4, 0.5) is 0 Å². The van der Waals surface area contributed by atoms with E-state index < -0.39 is 11.9 Å². The molecule has 4 rings (SSSR count). The number of carboxylic acids is 2. The molecule has 188 valence electrons. The Morgan fingerprint density at radius 1 is 1.06 bits per heavy atom. The molecule has 1 aromatic heterocycles. The molecule has 0 bridgehead atoms. The third-order valence-corrected chi connectivity index (χ3v) is 6.04. The van der Waals surface area contributed by atoms with Gasteiger partial charge in [0.1, 0.15) is 0 Å². The van der Waals surface area contributed by atoms with Gasteiger partial charge in [-0.05, 0) is 38.3 Å². The highest BCUT2D eigenvalue weighted by Gasteiger charge is 2.26. The summed E-state index contributed by atoms with van der Waals surface area (Å²) in [6.07, 6.45) is 4.00. The van der Waals surface area contributed by atoms with Gasteiger partial charge in [-0.15, -0.1) is 0 Å². The molecule has 2 aliphatic rings. The van der Waals surface area contributed by atoms with Crippen molar-refractivity contribution >= 4 is 11.9 Å². The normalized spacial score (nSPS) is 17.2. The number of β-amino-alcohol motifs (C(OH)–C–C–N with tert-alkyl or cyclic N) is 1. The van der Waals surface area contributed by atoms with Crippen LogP contribution in [-0.4, -0.2) is 80.8 Å². The van der Waals surface area contributed by atoms with Crippen LogP contribution in [0.1, 0.15) is 37.9 Å². The molecule has 9 nitrogen and oxygen atoms in total. The number of aliphatic hydroxyl groups is 1. The van der Waals surface area contributed by atoms with E-state index in [9.17, 15) is 5.11 Å². The van der Waals surface area contributed by atoms with E-state index in [-0.39, 0.29) is 6.10 Å². The molecule has 34 heavy (non-hydrogen) atoms. The predicted octanol–water partition coefficient (Wildman–Crippen LogP) is 2.03. The van der Waals surface area contributed by atoms with Crippen molar-refractivity contribution in [3.05, 3.63) is 41.6 Å². The number of aliphatic hydroxyl groups excluding tert-OH is 1. The lowest BCUT2D eigenvalue weighted by molar-refractivity contribution is -0.135. The molecule has 2 aromatic rings. The van der Waals surface area contributed by atoms with Gasteiger partial charge in [0.25, 0.3) is 11.9 Å². The fraction of sp³-hybridized carbons (Fsp3) is 0.560. The second-order valence-corrected chi connectivity index (χ2v) is 8.76. The molecule has 1 saturated heterocycles. The van der Waals surface area contributed by atoms with Gasteiger partial charge in [0.05, 0.1) is 11.8 Å². The topological polar surface area (TPSA) is 128 Å². The number of piperidine rings is 1. The first-order chi connectivity index (χ1) is 16.2. The van der Waals surface area contributed by atoms with E-state index in [0.717, 1.165) is 77.9 Å². The van der Waals surface area contributed by atoms with Crippen LogP contribution < -0.4 is 5.32 Å². The van der Waals surface area contributed by atoms with E-state index in [1.54, 1.807) is 0 Å². The van der Waals surface area contributed by atoms with Gasteiger partial charge in [0.15, 0.2) is 0 Å². The Hall–Kier alpha value is -2.75. The molecule has 0 spiro atoms. The average Bonchev–Trinajstić information content (AvgIpc) is 2.96. The fourth-order valence-electron chi connectivity index (χ4n) is 4.48. The van der Waals surface area contributed by atoms with Crippen molar-refractivity contribution in [2.75, 3.05) is 32.7 Å². The molecule has 0 amide bonds. The minimum Gasteiger partial charge on any atom is -0.481 e. The molecule has 2 aliphatic heterocycles. The number of aryl methyl sites for hydroxylation is 1. The van der Waals surface area contributed by atoms with Gasteiger partial charge in [0.2, 0.25) is 0 Å². The van der Waals surface area contributed by atoms with E-state index in [0.29, 0.717) is 5.92 Å². The lowest BCUT2D eigenvalue weighted by atomic mass is 9.92. The Morgan fingerprint density at radius 2 is 1.62 bits per heavy atom. The number of rotatable bonds is 4. The largest absolute Gasteiger partial charge is 0.481 e. The summed E-state index contributed by atoms with van der Waals surface area (Å²) in [5.41, 5.74) is 5.07. The van der Waals surface area contributed by atoms with Gasteiger partial charge in [-0.3, -0.25) is 14.3 Å². The Balaban J connectivity index is 0.000000446. The summed E-state index contributed by atoms with van der Waals surface area (Å²) in [5, 5.41) is 33.7. The summed E-state index contributed by atoms with van der Waals surface area (Å²) in [5.74, 6) is -1.22. The molecule has 1 fully saturated rings. The van der Waals surface area contributed by atoms with E-state index >= 15 is 0 Å². The van der Waals surface area contributed by atoms with E-state index in [4.69, 9.17) is 24.9 Å². The van der Waals surface area contributed by atoms with E-state index in [1.807, 2.05) is 0 Å². The van der Waals surface area contributed by atoms with Crippen molar-refractivity contribution in [1.82, 2.24) is 20.0 Å². The second kappa shape index (κ2) is 13.8. The molecular formula is C25H38N4O5. The minimum absolute atomic E-state index is 0.204. The second-order valence-electron chi connectivity index (χ2n) is 8.76. The van der Waals surface area contributed by atoms with Gasteiger partial charge in [-0.1, -0.05) is 30.3 Å². The Bertz CT molecular complexity index is 890. The molecule has 4 N–H and O–H groups in total. The first kappa shape index (κ1) is 27.5. The molecule has 0 aliphatic carbocycles. The SMILES string of the molecule is CC(=O)O.CC(=O)O.Cn1nc(-c2ccccc2)c2c1CCN(CC(O)C1CCNCC1)CC2. The Kier molecular flexibility index (Phi) is 11.2. The maximum Gasteiger partial charge on any atom is 0.300 e. The van der Waals surface area contributed by atoms with E-state index in [1.165, 1.54) is 16.8 Å². The van der Waals surface area contributed by atoms with Crippen LogP contribution in [0.25, 0.3) is 11.3 Å². The van der Waals surface area contributed by atoms with Crippen LogP contribution in [0, 0.1) is 5.92 Å². The Labute approximate surface area is 201 Å². The number of aromatic nitrogens is 2. The minimum atomic E-state index is -0.833. The zero-order chi connectivity index (χ0) is 25.1. The Morgan fingerprint density at radius 3 is 2.21 bits per heavy atom. The fourth-order valence-corrected chi connectivity index (χ4v) is 4.48. The summed E-state index contributed by atoms with van der Waals surface area (Å²) >= 11 is 0. The van der Waals surface area contributed by atoms with Crippen LogP contribution in [0.5, 0.6) is 0 Å². The van der Waals surface area contributed by atoms with Gasteiger partial charge >= 0.3 is 0 Å². The molecule has 9 heteroatoms. The van der Waals surface area contributed by atoms with Crippen molar-refractivity contribution in [3.63, 3.8) is 0 Å². The highest BCUT2D eigenvalue weighted by Crippen LogP contribution is 2.28. The number of carboxylic acid groups (broad SMARTS) is 2. The summed E-state index contributed by atoms with van der Waals surface area (Å²) in [4.78, 5) is 20.4. The zero-order valence-electron chi connectivity index (χ0n) is 20.4. The zero-order valence-corrected chi connectivity index (χ0v) is 20.4. The molecule has 1 aromatic carbocycles. The van der Waals surface area contributed by atoms with Crippen molar-refractivity contribution in [2.45, 2.75) is 45.6 Å². The number of hydrogen-bond donors (Lipinski definition) is 4. The summed E-state index contributed by atoms with van der Waals surface area (Å²) < 4.78 is 2.06. The molecule has 1 unspecified atom stereocenters. The summed E-state index contributed by atoms with van der Waals surface area (Å²) in [6.45, 7) is 7.05. The van der Waals surface area contributed by atoms with Gasteiger partial charge in [0, 0.05) is 63.8 Å². The van der Waals surface area contributed by atoms with Gasteiger partial charge < -0.3 is 25.5 Å². The summed E-state index contributed by atoms with van der Waals surface area (Å²) in [7, 11) is 2.06. The number of nitrogens with zero attached hydrogens (tertiary/aromatic N) is 3. The maximum absolute atomic E-state index is 10.7. The highest BCUT2D eigenvalue weighted by molar-refractivity contribution is 5.64. The third-order valence-electron chi connectivity index (χ3n) is 6.04. The number of fused-ring (bicyclic) bond motifs is 1. The first-order valence-electron chi connectivity index (χ1n) is 11.8. The van der Waals surface area contributed by atoms with Gasteiger partial charge in [-0.2, -0.15) is 5.10 Å². The quantitative estimate of drug-likeness (QED) is 0.530. The first-order valence-corrected chi connectivity index (χ1v) is 11.8. The molecule has 1 atom stereocenters. The molecule has 0 saturated carbocycles. The number of carbonyl (C=O) groups is 2. The number of nitrogens with one attached hydrogen (secondary N) is 1. The lowest BCUT2D eigenvalue weighted by Crippen LogP contribution is -2.41. The van der Waals surface area contributed by atoms with Crippen molar-refractivity contribution < 1.29 is 24.9 Å². The standard InChI is InChI=1S/C21H30N4O.2C2H4O2/c1-24-19-10-14-25(15-20(26)16-7-11-22-12-8-16)13-9-18(19)21(23-24)17-5-3-2-4-6-17;2*1-2(3)4/h2-6,16,20,22,26H,7-15H2,1H3;2*1H3,(H,3,4). The molecule has 3 heterocycles. The van der Waals surface area contributed by atoms with Crippen LogP contribution in [-0.2, 0) is 29.5 Å². The van der Waals surface area contributed by atoms with Crippen LogP contribution in [0.15, 0.2) is 30.3 Å². The average molecular weight is 475 g/mol. The van der Waals surface area contributed by atoms with E-state index in [2.05, 4.69) is 52.3 Å². The third kappa shape index (κ3) is 8.89. The molecular weight excluding hydrogens is 436 g/mol. The maximum atomic E-state index is 10.7. The number of hydrogen-bond acceptors (Lipinski definition) is 6. The van der Waals surface area contributed by atoms with Crippen molar-refractivity contribution in [1.29, 1.82) is 0 Å². The highest BCUT2D eigenvalue weighted by atomic mass is 16.4. The van der Waals surface area contributed by atoms with Crippen LogP contribution >= 0.6 is 0 Å². The smallest absolute Gasteiger partial charge is 0.300 e. The van der Waals surface area contributed by atoms with Gasteiger partial charge in [-0.25, -0.2) is 0 Å².